The SMILES string of the molecule is COC(=O)c1ccccc1NC(=O)/C(C#N)=C\Nc1ccc(OC)cc1OC. The highest BCUT2D eigenvalue weighted by Crippen LogP contribution is 2.29. The number of esters is 1. The minimum absolute atomic E-state index is 0.181. The number of hydrogen-bond donors (Lipinski definition) is 2. The van der Waals surface area contributed by atoms with Crippen molar-refractivity contribution in [3.8, 4) is 17.6 Å². The number of amides is 1. The lowest BCUT2D eigenvalue weighted by atomic mass is 10.1. The van der Waals surface area contributed by atoms with E-state index in [1.54, 1.807) is 36.4 Å². The lowest BCUT2D eigenvalue weighted by Crippen LogP contribution is -2.17. The van der Waals surface area contributed by atoms with Gasteiger partial charge in [0.25, 0.3) is 5.91 Å². The Bertz CT molecular complexity index is 947. The van der Waals surface area contributed by atoms with Crippen LogP contribution >= 0.6 is 0 Å². The largest absolute Gasteiger partial charge is 0.497 e. The summed E-state index contributed by atoms with van der Waals surface area (Å²) >= 11 is 0. The van der Waals surface area contributed by atoms with E-state index in [0.717, 1.165) is 0 Å². The number of benzene rings is 2. The molecule has 0 spiro atoms. The Hall–Kier alpha value is -3.99. The monoisotopic (exact) mass is 381 g/mol. The molecule has 28 heavy (non-hydrogen) atoms. The van der Waals surface area contributed by atoms with E-state index in [2.05, 4.69) is 15.4 Å². The number of carbonyl (C=O) groups is 2. The van der Waals surface area contributed by atoms with Gasteiger partial charge in [0.15, 0.2) is 0 Å². The second-order valence-corrected chi connectivity index (χ2v) is 5.37. The number of nitrogens with zero attached hydrogens (tertiary/aromatic N) is 1. The predicted octanol–water partition coefficient (Wildman–Crippen LogP) is 2.95. The van der Waals surface area contributed by atoms with Gasteiger partial charge in [-0.2, -0.15) is 5.26 Å². The maximum Gasteiger partial charge on any atom is 0.339 e. The van der Waals surface area contributed by atoms with E-state index in [9.17, 15) is 14.9 Å². The molecule has 0 heterocycles. The first-order valence-corrected chi connectivity index (χ1v) is 8.11. The molecule has 0 radical (unpaired) electrons. The average Bonchev–Trinajstić information content (AvgIpc) is 2.74. The molecule has 2 aromatic rings. The van der Waals surface area contributed by atoms with Crippen LogP contribution in [-0.2, 0) is 9.53 Å². The van der Waals surface area contributed by atoms with Crippen molar-refractivity contribution in [1.82, 2.24) is 0 Å². The van der Waals surface area contributed by atoms with Gasteiger partial charge in [-0.1, -0.05) is 12.1 Å². The van der Waals surface area contributed by atoms with Crippen molar-refractivity contribution in [2.45, 2.75) is 0 Å². The van der Waals surface area contributed by atoms with Gasteiger partial charge in [0, 0.05) is 12.3 Å². The van der Waals surface area contributed by atoms with Crippen LogP contribution in [-0.4, -0.2) is 33.2 Å². The Morgan fingerprint density at radius 2 is 1.79 bits per heavy atom. The number of hydrogen-bond acceptors (Lipinski definition) is 7. The van der Waals surface area contributed by atoms with E-state index in [-0.39, 0.29) is 16.8 Å². The van der Waals surface area contributed by atoms with Crippen molar-refractivity contribution in [3.63, 3.8) is 0 Å². The maximum absolute atomic E-state index is 12.4. The van der Waals surface area contributed by atoms with Crippen molar-refractivity contribution < 1.29 is 23.8 Å². The Balaban J connectivity index is 2.21. The number of nitrogens with one attached hydrogen (secondary N) is 2. The number of methoxy groups -OCH3 is 3. The van der Waals surface area contributed by atoms with Crippen molar-refractivity contribution in [3.05, 3.63) is 59.8 Å². The number of anilines is 2. The molecule has 0 aliphatic heterocycles. The van der Waals surface area contributed by atoms with Crippen LogP contribution in [0.5, 0.6) is 11.5 Å². The zero-order valence-electron chi connectivity index (χ0n) is 15.6. The lowest BCUT2D eigenvalue weighted by Gasteiger charge is -2.11. The van der Waals surface area contributed by atoms with Gasteiger partial charge in [-0.25, -0.2) is 4.79 Å². The van der Waals surface area contributed by atoms with E-state index < -0.39 is 11.9 Å². The van der Waals surface area contributed by atoms with Crippen LogP contribution in [0.4, 0.5) is 11.4 Å². The molecular formula is C20H19N3O5. The third kappa shape index (κ3) is 4.80. The highest BCUT2D eigenvalue weighted by atomic mass is 16.5. The molecule has 0 aliphatic carbocycles. The fourth-order valence-corrected chi connectivity index (χ4v) is 2.29. The molecule has 0 unspecified atom stereocenters. The van der Waals surface area contributed by atoms with Crippen LogP contribution in [0.25, 0.3) is 0 Å². The Morgan fingerprint density at radius 3 is 2.43 bits per heavy atom. The number of nitriles is 1. The van der Waals surface area contributed by atoms with Gasteiger partial charge in [0.2, 0.25) is 0 Å². The summed E-state index contributed by atoms with van der Waals surface area (Å²) in [4.78, 5) is 24.2. The summed E-state index contributed by atoms with van der Waals surface area (Å²) < 4.78 is 15.1. The molecule has 8 nitrogen and oxygen atoms in total. The summed E-state index contributed by atoms with van der Waals surface area (Å²) in [7, 11) is 4.27. The molecule has 0 saturated heterocycles. The highest BCUT2D eigenvalue weighted by molar-refractivity contribution is 6.09. The second-order valence-electron chi connectivity index (χ2n) is 5.37. The smallest absolute Gasteiger partial charge is 0.339 e. The van der Waals surface area contributed by atoms with E-state index >= 15 is 0 Å². The molecule has 8 heteroatoms. The molecule has 0 atom stereocenters. The van der Waals surface area contributed by atoms with Gasteiger partial charge in [-0.3, -0.25) is 4.79 Å². The van der Waals surface area contributed by atoms with Crippen LogP contribution in [0.3, 0.4) is 0 Å². The van der Waals surface area contributed by atoms with Crippen LogP contribution in [0.1, 0.15) is 10.4 Å². The van der Waals surface area contributed by atoms with Gasteiger partial charge in [-0.15, -0.1) is 0 Å². The lowest BCUT2D eigenvalue weighted by molar-refractivity contribution is -0.112. The maximum atomic E-state index is 12.4. The quantitative estimate of drug-likeness (QED) is 0.431. The molecule has 1 amide bonds. The molecule has 0 aromatic heterocycles. The number of para-hydroxylation sites is 1. The van der Waals surface area contributed by atoms with Crippen LogP contribution in [0.15, 0.2) is 54.2 Å². The van der Waals surface area contributed by atoms with Crippen LogP contribution < -0.4 is 20.1 Å². The molecule has 2 rings (SSSR count). The van der Waals surface area contributed by atoms with Crippen LogP contribution in [0.2, 0.25) is 0 Å². The standard InChI is InChI=1S/C20H19N3O5/c1-26-14-8-9-17(18(10-14)27-2)22-12-13(11-21)19(24)23-16-7-5-4-6-15(16)20(25)28-3/h4-10,12,22H,1-3H3,(H,23,24)/b13-12-. The number of rotatable bonds is 7. The van der Waals surface area contributed by atoms with Crippen molar-refractivity contribution >= 4 is 23.3 Å². The first-order valence-electron chi connectivity index (χ1n) is 8.11. The molecule has 0 fully saturated rings. The molecule has 0 bridgehead atoms. The molecule has 2 aromatic carbocycles. The van der Waals surface area contributed by atoms with Gasteiger partial charge >= 0.3 is 5.97 Å². The van der Waals surface area contributed by atoms with Crippen LogP contribution in [0, 0.1) is 11.3 Å². The van der Waals surface area contributed by atoms with Gasteiger partial charge in [0.1, 0.15) is 23.1 Å². The molecule has 0 aliphatic rings. The van der Waals surface area contributed by atoms with Gasteiger partial charge in [0.05, 0.1) is 38.3 Å². The summed E-state index contributed by atoms with van der Waals surface area (Å²) in [6.45, 7) is 0. The summed E-state index contributed by atoms with van der Waals surface area (Å²) in [5, 5.41) is 14.7. The summed E-state index contributed by atoms with van der Waals surface area (Å²) in [6, 6.07) is 13.2. The van der Waals surface area contributed by atoms with Crippen molar-refractivity contribution in [1.29, 1.82) is 5.26 Å². The highest BCUT2D eigenvalue weighted by Gasteiger charge is 2.16. The predicted molar refractivity (Wildman–Crippen MR) is 103 cm³/mol. The minimum Gasteiger partial charge on any atom is -0.497 e. The summed E-state index contributed by atoms with van der Waals surface area (Å²) in [5.41, 5.74) is 0.763. The number of ether oxygens (including phenoxy) is 3. The second kappa shape index (κ2) is 9.64. The van der Waals surface area contributed by atoms with Crippen molar-refractivity contribution in [2.24, 2.45) is 0 Å². The molecule has 0 saturated carbocycles. The fourth-order valence-electron chi connectivity index (χ4n) is 2.29. The zero-order chi connectivity index (χ0) is 20.5. The first-order chi connectivity index (χ1) is 13.5. The zero-order valence-corrected chi connectivity index (χ0v) is 15.6. The molecule has 144 valence electrons. The van der Waals surface area contributed by atoms with Crippen molar-refractivity contribution in [2.75, 3.05) is 32.0 Å². The van der Waals surface area contributed by atoms with Gasteiger partial charge in [-0.05, 0) is 24.3 Å². The minimum atomic E-state index is -0.682. The fraction of sp³-hybridized carbons (Fsp3) is 0.150. The summed E-state index contributed by atoms with van der Waals surface area (Å²) in [5.74, 6) is -0.202. The van der Waals surface area contributed by atoms with E-state index in [1.165, 1.54) is 33.6 Å². The summed E-state index contributed by atoms with van der Waals surface area (Å²) in [6.07, 6.45) is 1.25. The topological polar surface area (TPSA) is 110 Å². The molecule has 2 N–H and O–H groups in total. The Morgan fingerprint density at radius 1 is 1.04 bits per heavy atom. The van der Waals surface area contributed by atoms with E-state index in [0.29, 0.717) is 17.2 Å². The van der Waals surface area contributed by atoms with E-state index in [1.807, 2.05) is 6.07 Å². The third-order valence-electron chi connectivity index (χ3n) is 3.73. The first kappa shape index (κ1) is 20.3. The average molecular weight is 381 g/mol. The van der Waals surface area contributed by atoms with E-state index in [4.69, 9.17) is 9.47 Å². The Kier molecular flexibility index (Phi) is 6.99. The van der Waals surface area contributed by atoms with Gasteiger partial charge < -0.3 is 24.8 Å². The number of carbonyl (C=O) groups excluding carboxylic acids is 2. The Labute approximate surface area is 162 Å². The molecular weight excluding hydrogens is 362 g/mol. The third-order valence-corrected chi connectivity index (χ3v) is 3.73. The normalized spacial score (nSPS) is 10.4.